The minimum absolute atomic E-state index is 0.608. The van der Waals surface area contributed by atoms with Crippen molar-refractivity contribution in [1.82, 2.24) is 15.0 Å². The van der Waals surface area contributed by atoms with Crippen molar-refractivity contribution in [2.24, 2.45) is 7.05 Å². The minimum atomic E-state index is 0.608. The van der Waals surface area contributed by atoms with Gasteiger partial charge in [-0.3, -0.25) is 4.68 Å². The minimum Gasteiger partial charge on any atom is -0.495 e. The van der Waals surface area contributed by atoms with Gasteiger partial charge < -0.3 is 10.1 Å². The Labute approximate surface area is 122 Å². The fourth-order valence-electron chi connectivity index (χ4n) is 1.48. The molecule has 2 rings (SSSR count). The number of aromatic nitrogens is 3. The van der Waals surface area contributed by atoms with Gasteiger partial charge in [-0.1, -0.05) is 5.21 Å². The number of methoxy groups -OCH3 is 1. The van der Waals surface area contributed by atoms with Gasteiger partial charge in [-0.15, -0.1) is 5.10 Å². The van der Waals surface area contributed by atoms with Crippen LogP contribution < -0.4 is 10.1 Å². The molecule has 0 saturated carbocycles. The molecule has 0 aliphatic heterocycles. The average molecular weight is 376 g/mol. The lowest BCUT2D eigenvalue weighted by Crippen LogP contribution is -2.01. The Morgan fingerprint density at radius 2 is 2.11 bits per heavy atom. The normalized spacial score (nSPS) is 10.4. The number of hydrogen-bond donors (Lipinski definition) is 1. The highest BCUT2D eigenvalue weighted by Gasteiger charge is 2.07. The molecule has 0 fully saturated rings. The van der Waals surface area contributed by atoms with E-state index in [1.165, 1.54) is 0 Å². The van der Waals surface area contributed by atoms with Crippen LogP contribution in [-0.2, 0) is 13.6 Å². The SMILES string of the molecule is COc1cc(NCc2cn(C)nn2)c(Br)cc1Br. The van der Waals surface area contributed by atoms with Crippen LogP contribution in [0.3, 0.4) is 0 Å². The highest BCUT2D eigenvalue weighted by Crippen LogP contribution is 2.34. The lowest BCUT2D eigenvalue weighted by molar-refractivity contribution is 0.412. The maximum Gasteiger partial charge on any atom is 0.135 e. The van der Waals surface area contributed by atoms with Gasteiger partial charge in [0.2, 0.25) is 0 Å². The van der Waals surface area contributed by atoms with E-state index < -0.39 is 0 Å². The summed E-state index contributed by atoms with van der Waals surface area (Å²) < 4.78 is 8.79. The topological polar surface area (TPSA) is 52.0 Å². The van der Waals surface area contributed by atoms with E-state index >= 15 is 0 Å². The molecule has 0 saturated heterocycles. The molecule has 0 aliphatic carbocycles. The second-order valence-electron chi connectivity index (χ2n) is 3.70. The molecular weight excluding hydrogens is 364 g/mol. The summed E-state index contributed by atoms with van der Waals surface area (Å²) in [7, 11) is 3.48. The third-order valence-corrected chi connectivity index (χ3v) is 3.63. The van der Waals surface area contributed by atoms with Crippen molar-refractivity contribution in [3.05, 3.63) is 33.0 Å². The van der Waals surface area contributed by atoms with Crippen LogP contribution in [0, 0.1) is 0 Å². The van der Waals surface area contributed by atoms with Crippen molar-refractivity contribution in [3.8, 4) is 5.75 Å². The lowest BCUT2D eigenvalue weighted by atomic mass is 10.3. The molecule has 0 aliphatic rings. The fourth-order valence-corrected chi connectivity index (χ4v) is 2.78. The van der Waals surface area contributed by atoms with E-state index in [9.17, 15) is 0 Å². The molecule has 18 heavy (non-hydrogen) atoms. The van der Waals surface area contributed by atoms with Gasteiger partial charge in [-0.2, -0.15) is 0 Å². The van der Waals surface area contributed by atoms with Gasteiger partial charge in [-0.25, -0.2) is 0 Å². The summed E-state index contributed by atoms with van der Waals surface area (Å²) in [6, 6.07) is 3.86. The number of nitrogens with one attached hydrogen (secondary N) is 1. The zero-order chi connectivity index (χ0) is 13.1. The molecule has 1 aromatic heterocycles. The molecule has 0 spiro atoms. The number of aryl methyl sites for hydroxylation is 1. The Hall–Kier alpha value is -1.08. The van der Waals surface area contributed by atoms with Crippen LogP contribution in [0.1, 0.15) is 5.69 Å². The molecule has 7 heteroatoms. The molecule has 0 amide bonds. The molecule has 1 aromatic carbocycles. The number of anilines is 1. The summed E-state index contributed by atoms with van der Waals surface area (Å²) in [5.41, 5.74) is 1.83. The molecule has 1 heterocycles. The van der Waals surface area contributed by atoms with Crippen LogP contribution in [0.15, 0.2) is 27.3 Å². The van der Waals surface area contributed by atoms with Gasteiger partial charge >= 0.3 is 0 Å². The smallest absolute Gasteiger partial charge is 0.135 e. The van der Waals surface area contributed by atoms with E-state index in [2.05, 4.69) is 47.5 Å². The first-order valence-corrected chi connectivity index (χ1v) is 6.81. The summed E-state index contributed by atoms with van der Waals surface area (Å²) in [5.74, 6) is 0.778. The van der Waals surface area contributed by atoms with E-state index in [1.807, 2.05) is 25.4 Å². The van der Waals surface area contributed by atoms with Gasteiger partial charge in [0.15, 0.2) is 0 Å². The fraction of sp³-hybridized carbons (Fsp3) is 0.273. The van der Waals surface area contributed by atoms with E-state index in [1.54, 1.807) is 11.8 Å². The molecule has 0 unspecified atom stereocenters. The summed E-state index contributed by atoms with van der Waals surface area (Å²) >= 11 is 6.93. The predicted molar refractivity (Wildman–Crippen MR) is 76.7 cm³/mol. The Morgan fingerprint density at radius 1 is 1.33 bits per heavy atom. The second-order valence-corrected chi connectivity index (χ2v) is 5.41. The number of halogens is 2. The number of rotatable bonds is 4. The van der Waals surface area contributed by atoms with E-state index in [4.69, 9.17) is 4.74 Å². The maximum absolute atomic E-state index is 5.26. The van der Waals surface area contributed by atoms with Crippen LogP contribution in [0.2, 0.25) is 0 Å². The number of benzene rings is 1. The van der Waals surface area contributed by atoms with Crippen LogP contribution in [0.5, 0.6) is 5.75 Å². The monoisotopic (exact) mass is 374 g/mol. The van der Waals surface area contributed by atoms with Crippen molar-refractivity contribution < 1.29 is 4.74 Å². The summed E-state index contributed by atoms with van der Waals surface area (Å²) in [6.07, 6.45) is 1.87. The number of nitrogens with zero attached hydrogens (tertiary/aromatic N) is 3. The maximum atomic E-state index is 5.26. The summed E-state index contributed by atoms with van der Waals surface area (Å²) in [5, 5.41) is 11.2. The first-order valence-electron chi connectivity index (χ1n) is 5.22. The molecule has 0 atom stereocenters. The standard InChI is InChI=1S/C11H12Br2N4O/c1-17-6-7(15-16-17)5-14-10-4-11(18-2)9(13)3-8(10)12/h3-4,6,14H,5H2,1-2H3. The van der Waals surface area contributed by atoms with Crippen LogP contribution in [0.4, 0.5) is 5.69 Å². The van der Waals surface area contributed by atoms with Gasteiger partial charge in [-0.05, 0) is 37.9 Å². The second kappa shape index (κ2) is 5.71. The molecule has 0 bridgehead atoms. The van der Waals surface area contributed by atoms with Crippen LogP contribution in [0.25, 0.3) is 0 Å². The summed E-state index contributed by atoms with van der Waals surface area (Å²) in [6.45, 7) is 0.608. The van der Waals surface area contributed by atoms with E-state index in [0.29, 0.717) is 6.54 Å². The van der Waals surface area contributed by atoms with Gasteiger partial charge in [0.1, 0.15) is 11.4 Å². The van der Waals surface area contributed by atoms with Crippen LogP contribution in [-0.4, -0.2) is 22.1 Å². The van der Waals surface area contributed by atoms with E-state index in [0.717, 1.165) is 26.1 Å². The lowest BCUT2D eigenvalue weighted by Gasteiger charge is -2.10. The van der Waals surface area contributed by atoms with E-state index in [-0.39, 0.29) is 0 Å². The predicted octanol–water partition coefficient (Wildman–Crippen LogP) is 2.96. The number of hydrogen-bond acceptors (Lipinski definition) is 4. The first-order chi connectivity index (χ1) is 8.60. The highest BCUT2D eigenvalue weighted by atomic mass is 79.9. The zero-order valence-corrected chi connectivity index (χ0v) is 13.1. The Morgan fingerprint density at radius 3 is 2.72 bits per heavy atom. The zero-order valence-electron chi connectivity index (χ0n) is 9.94. The molecular formula is C11H12Br2N4O. The van der Waals surface area contributed by atoms with Crippen molar-refractivity contribution in [1.29, 1.82) is 0 Å². The average Bonchev–Trinajstić information content (AvgIpc) is 2.74. The van der Waals surface area contributed by atoms with Gasteiger partial charge in [0.25, 0.3) is 0 Å². The third kappa shape index (κ3) is 3.02. The largest absolute Gasteiger partial charge is 0.495 e. The quantitative estimate of drug-likeness (QED) is 0.892. The molecule has 0 radical (unpaired) electrons. The van der Waals surface area contributed by atoms with Crippen molar-refractivity contribution >= 4 is 37.5 Å². The molecule has 5 nitrogen and oxygen atoms in total. The Bertz CT molecular complexity index is 556. The summed E-state index contributed by atoms with van der Waals surface area (Å²) in [4.78, 5) is 0. The molecule has 2 aromatic rings. The van der Waals surface area contributed by atoms with Crippen molar-refractivity contribution in [3.63, 3.8) is 0 Å². The van der Waals surface area contributed by atoms with Crippen molar-refractivity contribution in [2.75, 3.05) is 12.4 Å². The Balaban J connectivity index is 2.13. The highest BCUT2D eigenvalue weighted by molar-refractivity contribution is 9.11. The first kappa shape index (κ1) is 13.4. The van der Waals surface area contributed by atoms with Crippen LogP contribution >= 0.6 is 31.9 Å². The Kier molecular flexibility index (Phi) is 4.23. The molecule has 1 N–H and O–H groups in total. The van der Waals surface area contributed by atoms with Gasteiger partial charge in [0, 0.05) is 23.8 Å². The number of ether oxygens (including phenoxy) is 1. The third-order valence-electron chi connectivity index (χ3n) is 2.35. The van der Waals surface area contributed by atoms with Gasteiger partial charge in [0.05, 0.1) is 23.8 Å². The molecule has 96 valence electrons. The van der Waals surface area contributed by atoms with Crippen molar-refractivity contribution in [2.45, 2.75) is 6.54 Å².